The predicted octanol–water partition coefficient (Wildman–Crippen LogP) is 0.109. The van der Waals surface area contributed by atoms with Gasteiger partial charge in [0, 0.05) is 6.42 Å². The third-order valence-corrected chi connectivity index (χ3v) is 0.717. The van der Waals surface area contributed by atoms with Crippen molar-refractivity contribution in [2.24, 2.45) is 0 Å². The molecule has 0 aliphatic rings. The zero-order valence-corrected chi connectivity index (χ0v) is 6.74. The van der Waals surface area contributed by atoms with Gasteiger partial charge in [-0.05, 0) is 14.1 Å². The predicted molar refractivity (Wildman–Crippen MR) is 38.3 cm³/mol. The van der Waals surface area contributed by atoms with Crippen molar-refractivity contribution < 1.29 is 10.2 Å². The van der Waals surface area contributed by atoms with Crippen LogP contribution in [0.2, 0.25) is 0 Å². The van der Waals surface area contributed by atoms with Gasteiger partial charge in [-0.1, -0.05) is 18.5 Å². The molecule has 4 heteroatoms. The van der Waals surface area contributed by atoms with Gasteiger partial charge in [-0.25, -0.2) is 0 Å². The first-order valence-corrected chi connectivity index (χ1v) is 3.07. The molecule has 0 rings (SSSR count). The summed E-state index contributed by atoms with van der Waals surface area (Å²) in [5.41, 5.74) is 0. The third kappa shape index (κ3) is 31.0. The minimum Gasteiger partial charge on any atom is -0.353 e. The molecule has 0 saturated carbocycles. The molecule has 0 saturated heterocycles. The molecule has 0 aromatic heterocycles. The molecule has 3 nitrogen and oxygen atoms in total. The molecule has 0 fully saturated rings. The highest BCUT2D eigenvalue weighted by molar-refractivity contribution is 6.21. The number of alkyl halides is 1. The zero-order valence-electron chi connectivity index (χ0n) is 5.98. The van der Waals surface area contributed by atoms with Gasteiger partial charge in [0.15, 0.2) is 0 Å². The fraction of sp³-hybridized carbons (Fsp3) is 1.00. The zero-order chi connectivity index (χ0) is 7.91. The lowest BCUT2D eigenvalue weighted by atomic mass is 10.5. The average Bonchev–Trinajstić information content (AvgIpc) is 1.67. The summed E-state index contributed by atoms with van der Waals surface area (Å²) in [6.45, 7) is 1.58. The smallest absolute Gasteiger partial charge is 0.243 e. The van der Waals surface area contributed by atoms with Crippen LogP contribution in [-0.2, 0) is 0 Å². The van der Waals surface area contributed by atoms with Crippen molar-refractivity contribution in [2.45, 2.75) is 18.6 Å². The Morgan fingerprint density at radius 2 is 1.56 bits per heavy atom. The van der Waals surface area contributed by atoms with Gasteiger partial charge in [-0.3, -0.25) is 0 Å². The topological polar surface area (TPSA) is 52.5 Å². The largest absolute Gasteiger partial charge is 0.353 e. The van der Waals surface area contributed by atoms with Crippen molar-refractivity contribution in [2.75, 3.05) is 14.1 Å². The molecule has 0 aliphatic carbocycles. The summed E-state index contributed by atoms with van der Waals surface area (Å²) in [5, 5.41) is 17.1. The fourth-order valence-corrected chi connectivity index (χ4v) is 0. The Bertz CT molecular complexity index is 53.4. The molecule has 0 bridgehead atoms. The van der Waals surface area contributed by atoms with Crippen molar-refractivity contribution in [3.05, 3.63) is 0 Å². The molecular formula is C5H14ClNO2. The second-order valence-corrected chi connectivity index (χ2v) is 2.18. The van der Waals surface area contributed by atoms with Crippen molar-refractivity contribution >= 4 is 11.6 Å². The highest BCUT2D eigenvalue weighted by atomic mass is 35.5. The maximum atomic E-state index is 8.15. The van der Waals surface area contributed by atoms with E-state index in [1.807, 2.05) is 14.1 Å². The minimum atomic E-state index is -1.99. The summed E-state index contributed by atoms with van der Waals surface area (Å²) in [6.07, 6.45) is 0.147. The van der Waals surface area contributed by atoms with Gasteiger partial charge in [0.1, 0.15) is 0 Å². The normalized spacial score (nSPS) is 10.0. The van der Waals surface area contributed by atoms with E-state index in [1.165, 1.54) is 0 Å². The van der Waals surface area contributed by atoms with E-state index in [9.17, 15) is 0 Å². The van der Waals surface area contributed by atoms with Crippen LogP contribution in [0.3, 0.4) is 0 Å². The molecule has 0 unspecified atom stereocenters. The van der Waals surface area contributed by atoms with Crippen LogP contribution in [0.5, 0.6) is 0 Å². The molecule has 3 N–H and O–H groups in total. The summed E-state index contributed by atoms with van der Waals surface area (Å²) in [6, 6.07) is 0. The SMILES string of the molecule is CCC(O)(O)Cl.CNC. The average molecular weight is 156 g/mol. The first-order valence-electron chi connectivity index (χ1n) is 2.70. The van der Waals surface area contributed by atoms with E-state index in [0.29, 0.717) is 0 Å². The highest BCUT2D eigenvalue weighted by Gasteiger charge is 2.12. The monoisotopic (exact) mass is 155 g/mol. The van der Waals surface area contributed by atoms with Crippen LogP contribution >= 0.6 is 11.6 Å². The van der Waals surface area contributed by atoms with Gasteiger partial charge in [0.25, 0.3) is 0 Å². The van der Waals surface area contributed by atoms with E-state index in [4.69, 9.17) is 21.8 Å². The number of halogens is 1. The van der Waals surface area contributed by atoms with E-state index >= 15 is 0 Å². The van der Waals surface area contributed by atoms with E-state index in [-0.39, 0.29) is 6.42 Å². The number of rotatable bonds is 1. The fourth-order valence-electron chi connectivity index (χ4n) is 0. The van der Waals surface area contributed by atoms with Gasteiger partial charge in [0.2, 0.25) is 5.25 Å². The van der Waals surface area contributed by atoms with Gasteiger partial charge in [0.05, 0.1) is 0 Å². The summed E-state index contributed by atoms with van der Waals surface area (Å²) in [7, 11) is 3.75. The first kappa shape index (κ1) is 11.9. The van der Waals surface area contributed by atoms with Crippen LogP contribution in [0.4, 0.5) is 0 Å². The Morgan fingerprint density at radius 3 is 1.56 bits per heavy atom. The molecule has 0 spiro atoms. The van der Waals surface area contributed by atoms with Crippen LogP contribution in [0.15, 0.2) is 0 Å². The summed E-state index contributed by atoms with van der Waals surface area (Å²) in [4.78, 5) is 0. The highest BCUT2D eigenvalue weighted by Crippen LogP contribution is 2.08. The number of aliphatic hydroxyl groups is 2. The lowest BCUT2D eigenvalue weighted by Gasteiger charge is -2.06. The second kappa shape index (κ2) is 6.29. The van der Waals surface area contributed by atoms with Gasteiger partial charge >= 0.3 is 0 Å². The Hall–Kier alpha value is 0.170. The molecular weight excluding hydrogens is 142 g/mol. The molecule has 0 aliphatic heterocycles. The summed E-state index contributed by atoms with van der Waals surface area (Å²) >= 11 is 4.83. The van der Waals surface area contributed by atoms with Crippen molar-refractivity contribution in [1.82, 2.24) is 5.32 Å². The van der Waals surface area contributed by atoms with Gasteiger partial charge in [-0.2, -0.15) is 0 Å². The number of nitrogens with one attached hydrogen (secondary N) is 1. The molecule has 58 valence electrons. The number of hydrogen-bond donors (Lipinski definition) is 3. The molecule has 0 radical (unpaired) electrons. The van der Waals surface area contributed by atoms with E-state index in [2.05, 4.69) is 5.32 Å². The molecule has 0 aromatic carbocycles. The van der Waals surface area contributed by atoms with Crippen molar-refractivity contribution in [3.8, 4) is 0 Å². The summed E-state index contributed by atoms with van der Waals surface area (Å²) in [5.74, 6) is 0. The van der Waals surface area contributed by atoms with Crippen LogP contribution in [0, 0.1) is 0 Å². The second-order valence-electron chi connectivity index (χ2n) is 1.57. The minimum absolute atomic E-state index is 0.147. The van der Waals surface area contributed by atoms with Crippen molar-refractivity contribution in [3.63, 3.8) is 0 Å². The Balaban J connectivity index is 0. The van der Waals surface area contributed by atoms with Crippen LogP contribution in [-0.4, -0.2) is 29.6 Å². The Labute approximate surface area is 60.6 Å². The lowest BCUT2D eigenvalue weighted by molar-refractivity contribution is -0.0857. The lowest BCUT2D eigenvalue weighted by Crippen LogP contribution is -2.16. The van der Waals surface area contributed by atoms with Crippen molar-refractivity contribution in [1.29, 1.82) is 0 Å². The van der Waals surface area contributed by atoms with E-state index in [0.717, 1.165) is 0 Å². The molecule has 0 aromatic rings. The Kier molecular flexibility index (Phi) is 8.32. The molecule has 0 heterocycles. The van der Waals surface area contributed by atoms with E-state index in [1.54, 1.807) is 6.92 Å². The summed E-state index contributed by atoms with van der Waals surface area (Å²) < 4.78 is 0. The molecule has 9 heavy (non-hydrogen) atoms. The molecule has 0 atom stereocenters. The first-order chi connectivity index (χ1) is 3.97. The maximum absolute atomic E-state index is 8.15. The van der Waals surface area contributed by atoms with Crippen LogP contribution in [0.1, 0.15) is 13.3 Å². The third-order valence-electron chi connectivity index (χ3n) is 0.450. The number of hydrogen-bond acceptors (Lipinski definition) is 3. The molecule has 0 amide bonds. The van der Waals surface area contributed by atoms with Gasteiger partial charge < -0.3 is 15.5 Å². The van der Waals surface area contributed by atoms with Crippen LogP contribution in [0.25, 0.3) is 0 Å². The quantitative estimate of drug-likeness (QED) is 0.372. The maximum Gasteiger partial charge on any atom is 0.243 e. The van der Waals surface area contributed by atoms with E-state index < -0.39 is 5.25 Å². The van der Waals surface area contributed by atoms with Gasteiger partial charge in [-0.15, -0.1) is 0 Å². The Morgan fingerprint density at radius 1 is 1.44 bits per heavy atom. The standard InChI is InChI=1S/C3H7ClO2.C2H7N/c1-2-3(4,5)6;1-3-2/h5-6H,2H2,1H3;3H,1-2H3. The van der Waals surface area contributed by atoms with Crippen LogP contribution < -0.4 is 5.32 Å².